The number of hydrogen-bond acceptors (Lipinski definition) is 2. The molecule has 1 unspecified atom stereocenters. The molecule has 1 aliphatic heterocycles. The standard InChI is InChI=1S/C10H18O2/c1-2-3-7-11-8-5-4-6-9-10(8)12-9/h8-10H,2-7H2,1H3/t8-,9-,10?/m1/s1. The van der Waals surface area contributed by atoms with E-state index in [4.69, 9.17) is 9.47 Å². The monoisotopic (exact) mass is 170 g/mol. The van der Waals surface area contributed by atoms with E-state index in [-0.39, 0.29) is 0 Å². The van der Waals surface area contributed by atoms with Crippen LogP contribution in [-0.4, -0.2) is 24.9 Å². The molecular formula is C10H18O2. The van der Waals surface area contributed by atoms with Crippen LogP contribution in [-0.2, 0) is 9.47 Å². The van der Waals surface area contributed by atoms with Gasteiger partial charge in [0.15, 0.2) is 0 Å². The van der Waals surface area contributed by atoms with E-state index < -0.39 is 0 Å². The van der Waals surface area contributed by atoms with E-state index in [9.17, 15) is 0 Å². The number of fused-ring (bicyclic) bond motifs is 1. The van der Waals surface area contributed by atoms with Gasteiger partial charge < -0.3 is 9.47 Å². The summed E-state index contributed by atoms with van der Waals surface area (Å²) in [5.41, 5.74) is 0. The van der Waals surface area contributed by atoms with Gasteiger partial charge in [-0.05, 0) is 25.7 Å². The summed E-state index contributed by atoms with van der Waals surface area (Å²) in [6, 6.07) is 0. The van der Waals surface area contributed by atoms with Crippen molar-refractivity contribution < 1.29 is 9.47 Å². The molecule has 0 aromatic carbocycles. The van der Waals surface area contributed by atoms with Crippen molar-refractivity contribution in [3.05, 3.63) is 0 Å². The Hall–Kier alpha value is -0.0800. The van der Waals surface area contributed by atoms with Crippen molar-refractivity contribution in [2.45, 2.75) is 57.3 Å². The zero-order chi connectivity index (χ0) is 8.39. The number of rotatable bonds is 4. The summed E-state index contributed by atoms with van der Waals surface area (Å²) < 4.78 is 11.2. The van der Waals surface area contributed by atoms with E-state index in [1.165, 1.54) is 32.1 Å². The molecule has 3 atom stereocenters. The molecule has 1 saturated carbocycles. The Bertz CT molecular complexity index is 147. The number of ether oxygens (including phenoxy) is 2. The minimum absolute atomic E-state index is 0.426. The highest BCUT2D eigenvalue weighted by Gasteiger charge is 2.47. The van der Waals surface area contributed by atoms with Crippen LogP contribution in [0.15, 0.2) is 0 Å². The molecule has 2 aliphatic rings. The van der Waals surface area contributed by atoms with Gasteiger partial charge >= 0.3 is 0 Å². The molecule has 0 aromatic rings. The third kappa shape index (κ3) is 1.80. The molecule has 2 rings (SSSR count). The molecule has 0 aromatic heterocycles. The lowest BCUT2D eigenvalue weighted by atomic mass is 9.98. The van der Waals surface area contributed by atoms with Crippen molar-refractivity contribution >= 4 is 0 Å². The Morgan fingerprint density at radius 2 is 2.33 bits per heavy atom. The fraction of sp³-hybridized carbons (Fsp3) is 1.00. The van der Waals surface area contributed by atoms with Crippen LogP contribution in [0.25, 0.3) is 0 Å². The van der Waals surface area contributed by atoms with Crippen molar-refractivity contribution in [2.75, 3.05) is 6.61 Å². The van der Waals surface area contributed by atoms with Crippen molar-refractivity contribution in [3.63, 3.8) is 0 Å². The van der Waals surface area contributed by atoms with Crippen molar-refractivity contribution in [1.29, 1.82) is 0 Å². The van der Waals surface area contributed by atoms with Gasteiger partial charge in [-0.1, -0.05) is 13.3 Å². The first-order valence-corrected chi connectivity index (χ1v) is 5.19. The second kappa shape index (κ2) is 3.75. The van der Waals surface area contributed by atoms with Crippen LogP contribution in [0.1, 0.15) is 39.0 Å². The van der Waals surface area contributed by atoms with Crippen LogP contribution < -0.4 is 0 Å². The van der Waals surface area contributed by atoms with Gasteiger partial charge in [0, 0.05) is 6.61 Å². The highest BCUT2D eigenvalue weighted by atomic mass is 16.6. The summed E-state index contributed by atoms with van der Waals surface area (Å²) in [7, 11) is 0. The molecule has 2 heteroatoms. The minimum atomic E-state index is 0.426. The highest BCUT2D eigenvalue weighted by Crippen LogP contribution is 2.38. The van der Waals surface area contributed by atoms with E-state index in [0.717, 1.165) is 6.61 Å². The second-order valence-electron chi connectivity index (χ2n) is 3.83. The minimum Gasteiger partial charge on any atom is -0.375 e. The molecule has 0 N–H and O–H groups in total. The number of hydrogen-bond donors (Lipinski definition) is 0. The maximum atomic E-state index is 5.75. The van der Waals surface area contributed by atoms with Crippen molar-refractivity contribution in [1.82, 2.24) is 0 Å². The number of unbranched alkanes of at least 4 members (excludes halogenated alkanes) is 1. The first-order valence-electron chi connectivity index (χ1n) is 5.19. The molecule has 1 aliphatic carbocycles. The molecule has 1 heterocycles. The fourth-order valence-corrected chi connectivity index (χ4v) is 1.96. The average molecular weight is 170 g/mol. The maximum Gasteiger partial charge on any atom is 0.110 e. The van der Waals surface area contributed by atoms with Gasteiger partial charge in [0.25, 0.3) is 0 Å². The van der Waals surface area contributed by atoms with E-state index in [1.54, 1.807) is 0 Å². The molecule has 2 nitrogen and oxygen atoms in total. The summed E-state index contributed by atoms with van der Waals surface area (Å²) in [5, 5.41) is 0. The Kier molecular flexibility index (Phi) is 2.66. The van der Waals surface area contributed by atoms with Crippen LogP contribution in [0, 0.1) is 0 Å². The predicted octanol–water partition coefficient (Wildman–Crippen LogP) is 2.12. The Labute approximate surface area is 74.2 Å². The summed E-state index contributed by atoms with van der Waals surface area (Å²) in [6.45, 7) is 3.12. The van der Waals surface area contributed by atoms with E-state index in [1.807, 2.05) is 0 Å². The van der Waals surface area contributed by atoms with E-state index in [0.29, 0.717) is 18.3 Å². The van der Waals surface area contributed by atoms with Gasteiger partial charge in [-0.3, -0.25) is 0 Å². The molecule has 0 amide bonds. The summed E-state index contributed by atoms with van der Waals surface area (Å²) in [6.07, 6.45) is 7.63. The van der Waals surface area contributed by atoms with E-state index >= 15 is 0 Å². The third-order valence-corrected chi connectivity index (χ3v) is 2.80. The van der Waals surface area contributed by atoms with Crippen LogP contribution >= 0.6 is 0 Å². The Balaban J connectivity index is 1.66. The van der Waals surface area contributed by atoms with Crippen molar-refractivity contribution in [3.8, 4) is 0 Å². The van der Waals surface area contributed by atoms with Gasteiger partial charge in [0.05, 0.1) is 12.2 Å². The fourth-order valence-electron chi connectivity index (χ4n) is 1.96. The van der Waals surface area contributed by atoms with Crippen molar-refractivity contribution in [2.24, 2.45) is 0 Å². The normalized spacial score (nSPS) is 39.2. The van der Waals surface area contributed by atoms with Gasteiger partial charge in [0.1, 0.15) is 6.10 Å². The summed E-state index contributed by atoms with van der Waals surface area (Å²) in [4.78, 5) is 0. The summed E-state index contributed by atoms with van der Waals surface area (Å²) in [5.74, 6) is 0. The van der Waals surface area contributed by atoms with Gasteiger partial charge in [-0.2, -0.15) is 0 Å². The van der Waals surface area contributed by atoms with Crippen LogP contribution in [0.3, 0.4) is 0 Å². The zero-order valence-electron chi connectivity index (χ0n) is 7.79. The van der Waals surface area contributed by atoms with Crippen LogP contribution in [0.4, 0.5) is 0 Å². The first-order chi connectivity index (χ1) is 5.92. The van der Waals surface area contributed by atoms with Gasteiger partial charge in [-0.15, -0.1) is 0 Å². The van der Waals surface area contributed by atoms with Crippen LogP contribution in [0.2, 0.25) is 0 Å². The first kappa shape index (κ1) is 8.52. The van der Waals surface area contributed by atoms with E-state index in [2.05, 4.69) is 6.92 Å². The quantitative estimate of drug-likeness (QED) is 0.476. The molecule has 1 saturated heterocycles. The number of epoxide rings is 1. The van der Waals surface area contributed by atoms with Gasteiger partial charge in [-0.25, -0.2) is 0 Å². The van der Waals surface area contributed by atoms with Crippen LogP contribution in [0.5, 0.6) is 0 Å². The predicted molar refractivity (Wildman–Crippen MR) is 47.2 cm³/mol. The molecule has 0 spiro atoms. The molecule has 0 radical (unpaired) electrons. The lowest BCUT2D eigenvalue weighted by molar-refractivity contribution is 0.0235. The Morgan fingerprint density at radius 1 is 1.42 bits per heavy atom. The lowest BCUT2D eigenvalue weighted by Gasteiger charge is -2.18. The average Bonchev–Trinajstić information content (AvgIpc) is 2.84. The van der Waals surface area contributed by atoms with Gasteiger partial charge in [0.2, 0.25) is 0 Å². The summed E-state index contributed by atoms with van der Waals surface area (Å²) >= 11 is 0. The smallest absolute Gasteiger partial charge is 0.110 e. The molecule has 12 heavy (non-hydrogen) atoms. The largest absolute Gasteiger partial charge is 0.375 e. The zero-order valence-corrected chi connectivity index (χ0v) is 7.79. The third-order valence-electron chi connectivity index (χ3n) is 2.80. The molecule has 0 bridgehead atoms. The SMILES string of the molecule is CCCCO[C@@H]1CCC[C@H]2OC12. The lowest BCUT2D eigenvalue weighted by Crippen LogP contribution is -2.25. The topological polar surface area (TPSA) is 21.8 Å². The Morgan fingerprint density at radius 3 is 3.17 bits per heavy atom. The molecule has 2 fully saturated rings. The maximum absolute atomic E-state index is 5.75. The molecule has 70 valence electrons. The highest BCUT2D eigenvalue weighted by molar-refractivity contribution is 4.95. The second-order valence-corrected chi connectivity index (χ2v) is 3.83. The molecular weight excluding hydrogens is 152 g/mol.